The molecule has 21 heavy (non-hydrogen) atoms. The number of benzene rings is 2. The van der Waals surface area contributed by atoms with Crippen LogP contribution in [0, 0.1) is 17.5 Å². The van der Waals surface area contributed by atoms with Gasteiger partial charge in [-0.15, -0.1) is 0 Å². The van der Waals surface area contributed by atoms with Gasteiger partial charge >= 0.3 is 0 Å². The van der Waals surface area contributed by atoms with E-state index >= 15 is 0 Å². The predicted molar refractivity (Wildman–Crippen MR) is 67.0 cm³/mol. The molecule has 0 saturated carbocycles. The molecular weight excluding hydrogens is 289 g/mol. The minimum Gasteiger partial charge on any atom is -0.504 e. The molecule has 2 aromatic rings. The number of rotatable bonds is 4. The zero-order chi connectivity index (χ0) is 15.6. The van der Waals surface area contributed by atoms with E-state index in [-0.39, 0.29) is 23.7 Å². The maximum atomic E-state index is 13.3. The Morgan fingerprint density at radius 2 is 1.57 bits per heavy atom. The summed E-state index contributed by atoms with van der Waals surface area (Å²) in [5.41, 5.74) is 0.169. The Bertz CT molecular complexity index is 651. The third-order valence-corrected chi connectivity index (χ3v) is 2.76. The summed E-state index contributed by atoms with van der Waals surface area (Å²) in [4.78, 5) is 0. The Labute approximate surface area is 118 Å². The lowest BCUT2D eigenvalue weighted by Gasteiger charge is -2.11. The van der Waals surface area contributed by atoms with Crippen molar-refractivity contribution in [3.05, 3.63) is 47.3 Å². The van der Waals surface area contributed by atoms with E-state index in [1.54, 1.807) is 0 Å². The van der Waals surface area contributed by atoms with Crippen molar-refractivity contribution in [3.8, 4) is 23.0 Å². The van der Waals surface area contributed by atoms with Crippen LogP contribution in [0.25, 0.3) is 0 Å². The van der Waals surface area contributed by atoms with E-state index in [2.05, 4.69) is 4.74 Å². The van der Waals surface area contributed by atoms with E-state index < -0.39 is 29.0 Å². The Morgan fingerprint density at radius 1 is 0.952 bits per heavy atom. The van der Waals surface area contributed by atoms with Gasteiger partial charge in [0.25, 0.3) is 0 Å². The maximum absolute atomic E-state index is 13.3. The van der Waals surface area contributed by atoms with Gasteiger partial charge < -0.3 is 19.7 Å². The molecule has 0 radical (unpaired) electrons. The number of phenolic OH excluding ortho intramolecular Hbond substituents is 2. The highest BCUT2D eigenvalue weighted by Crippen LogP contribution is 2.33. The molecule has 0 spiro atoms. The van der Waals surface area contributed by atoms with E-state index in [1.807, 2.05) is 0 Å². The second-order valence-corrected chi connectivity index (χ2v) is 4.11. The van der Waals surface area contributed by atoms with Crippen LogP contribution in [-0.2, 0) is 6.61 Å². The summed E-state index contributed by atoms with van der Waals surface area (Å²) >= 11 is 0. The Balaban J connectivity index is 2.21. The number of hydrogen-bond acceptors (Lipinski definition) is 4. The minimum absolute atomic E-state index is 0.169. The van der Waals surface area contributed by atoms with Gasteiger partial charge in [-0.1, -0.05) is 0 Å². The van der Waals surface area contributed by atoms with Gasteiger partial charge in [0.1, 0.15) is 12.4 Å². The topological polar surface area (TPSA) is 58.9 Å². The lowest BCUT2D eigenvalue weighted by molar-refractivity contribution is 0.287. The van der Waals surface area contributed by atoms with Crippen LogP contribution in [0.3, 0.4) is 0 Å². The highest BCUT2D eigenvalue weighted by Gasteiger charge is 2.15. The van der Waals surface area contributed by atoms with Crippen molar-refractivity contribution in [1.82, 2.24) is 0 Å². The van der Waals surface area contributed by atoms with Gasteiger partial charge in [-0.3, -0.25) is 0 Å². The molecule has 0 fully saturated rings. The van der Waals surface area contributed by atoms with Crippen molar-refractivity contribution in [2.75, 3.05) is 7.11 Å². The summed E-state index contributed by atoms with van der Waals surface area (Å²) in [6, 6.07) is 3.89. The molecule has 0 aliphatic carbocycles. The quantitative estimate of drug-likeness (QED) is 0.911. The van der Waals surface area contributed by atoms with Crippen molar-refractivity contribution in [2.45, 2.75) is 6.61 Å². The standard InChI is InChI=1S/C14H11F3O4/c1-20-14-9(15)3-2-7(12(14)18)6-21-8-4-10(16)13(19)11(17)5-8/h2-5,18-19H,6H2,1H3. The molecule has 0 saturated heterocycles. The van der Waals surface area contributed by atoms with E-state index in [4.69, 9.17) is 9.84 Å². The number of hydrogen-bond donors (Lipinski definition) is 2. The third kappa shape index (κ3) is 2.96. The molecule has 112 valence electrons. The van der Waals surface area contributed by atoms with Crippen LogP contribution in [0.2, 0.25) is 0 Å². The zero-order valence-electron chi connectivity index (χ0n) is 10.9. The SMILES string of the molecule is COc1c(F)ccc(COc2cc(F)c(O)c(F)c2)c1O. The Kier molecular flexibility index (Phi) is 4.11. The summed E-state index contributed by atoms with van der Waals surface area (Å²) in [6.45, 7) is -0.272. The van der Waals surface area contributed by atoms with Gasteiger partial charge in [-0.2, -0.15) is 0 Å². The monoisotopic (exact) mass is 300 g/mol. The zero-order valence-corrected chi connectivity index (χ0v) is 10.9. The van der Waals surface area contributed by atoms with E-state index in [1.165, 1.54) is 13.2 Å². The smallest absolute Gasteiger partial charge is 0.196 e. The molecule has 0 unspecified atom stereocenters. The molecular formula is C14H11F3O4. The second kappa shape index (κ2) is 5.82. The fourth-order valence-corrected chi connectivity index (χ4v) is 1.68. The summed E-state index contributed by atoms with van der Waals surface area (Å²) in [7, 11) is 1.19. The van der Waals surface area contributed by atoms with Gasteiger partial charge in [0, 0.05) is 17.7 Å². The van der Waals surface area contributed by atoms with Crippen LogP contribution < -0.4 is 9.47 Å². The first kappa shape index (κ1) is 14.8. The van der Waals surface area contributed by atoms with E-state index in [0.717, 1.165) is 18.2 Å². The summed E-state index contributed by atoms with van der Waals surface area (Å²) in [5.74, 6) is -5.20. The largest absolute Gasteiger partial charge is 0.504 e. The van der Waals surface area contributed by atoms with Gasteiger partial charge in [0.15, 0.2) is 34.7 Å². The Hall–Kier alpha value is -2.57. The molecule has 0 aromatic heterocycles. The lowest BCUT2D eigenvalue weighted by Crippen LogP contribution is -1.99. The normalized spacial score (nSPS) is 10.5. The predicted octanol–water partition coefficient (Wildman–Crippen LogP) is 3.10. The van der Waals surface area contributed by atoms with Crippen LogP contribution in [0.5, 0.6) is 23.0 Å². The lowest BCUT2D eigenvalue weighted by atomic mass is 10.2. The van der Waals surface area contributed by atoms with Crippen molar-refractivity contribution in [1.29, 1.82) is 0 Å². The van der Waals surface area contributed by atoms with Gasteiger partial charge in [-0.05, 0) is 12.1 Å². The maximum Gasteiger partial charge on any atom is 0.196 e. The molecule has 2 N–H and O–H groups in total. The molecule has 0 heterocycles. The molecule has 0 amide bonds. The molecule has 0 aliphatic heterocycles. The summed E-state index contributed by atoms with van der Waals surface area (Å²) < 4.78 is 49.3. The molecule has 0 bridgehead atoms. The Morgan fingerprint density at radius 3 is 2.14 bits per heavy atom. The van der Waals surface area contributed by atoms with Crippen LogP contribution in [-0.4, -0.2) is 17.3 Å². The van der Waals surface area contributed by atoms with E-state index in [0.29, 0.717) is 0 Å². The summed E-state index contributed by atoms with van der Waals surface area (Å²) in [6.07, 6.45) is 0. The van der Waals surface area contributed by atoms with Crippen LogP contribution in [0.4, 0.5) is 13.2 Å². The highest BCUT2D eigenvalue weighted by atomic mass is 19.1. The fourth-order valence-electron chi connectivity index (χ4n) is 1.68. The van der Waals surface area contributed by atoms with Crippen molar-refractivity contribution < 1.29 is 32.9 Å². The van der Waals surface area contributed by atoms with Crippen LogP contribution >= 0.6 is 0 Å². The highest BCUT2D eigenvalue weighted by molar-refractivity contribution is 5.46. The summed E-state index contributed by atoms with van der Waals surface area (Å²) in [5, 5.41) is 18.7. The van der Waals surface area contributed by atoms with E-state index in [9.17, 15) is 18.3 Å². The fraction of sp³-hybridized carbons (Fsp3) is 0.143. The first-order valence-corrected chi connectivity index (χ1v) is 5.79. The third-order valence-electron chi connectivity index (χ3n) is 2.76. The van der Waals surface area contributed by atoms with Gasteiger partial charge in [0.2, 0.25) is 0 Å². The number of phenols is 2. The number of methoxy groups -OCH3 is 1. The van der Waals surface area contributed by atoms with Gasteiger partial charge in [-0.25, -0.2) is 13.2 Å². The molecule has 2 aromatic carbocycles. The number of aromatic hydroxyl groups is 2. The average Bonchev–Trinajstić information content (AvgIpc) is 2.44. The van der Waals surface area contributed by atoms with Crippen molar-refractivity contribution in [2.24, 2.45) is 0 Å². The van der Waals surface area contributed by atoms with Crippen molar-refractivity contribution in [3.63, 3.8) is 0 Å². The first-order valence-electron chi connectivity index (χ1n) is 5.79. The number of ether oxygens (including phenoxy) is 2. The first-order chi connectivity index (χ1) is 9.93. The molecule has 7 heteroatoms. The number of halogens is 3. The van der Waals surface area contributed by atoms with Crippen molar-refractivity contribution >= 4 is 0 Å². The van der Waals surface area contributed by atoms with Crippen LogP contribution in [0.1, 0.15) is 5.56 Å². The average molecular weight is 300 g/mol. The molecule has 4 nitrogen and oxygen atoms in total. The minimum atomic E-state index is -1.18. The molecule has 0 atom stereocenters. The molecule has 0 aliphatic rings. The van der Waals surface area contributed by atoms with Crippen LogP contribution in [0.15, 0.2) is 24.3 Å². The molecule has 2 rings (SSSR count). The van der Waals surface area contributed by atoms with Gasteiger partial charge in [0.05, 0.1) is 7.11 Å². The second-order valence-electron chi connectivity index (χ2n) is 4.11.